The van der Waals surface area contributed by atoms with Gasteiger partial charge < -0.3 is 35.8 Å². The van der Waals surface area contributed by atoms with Gasteiger partial charge in [-0.15, -0.1) is 0 Å². The SMILES string of the molecule is CCCCCCN(C(=O)C(CC(N)=O)NC(=O)OC(C)(C)C)C(C(=O)NCC(=O)OC)c1ccccc1O. The third-order valence-electron chi connectivity index (χ3n) is 5.36. The minimum Gasteiger partial charge on any atom is -0.508 e. The molecule has 0 aliphatic carbocycles. The first kappa shape index (κ1) is 32.2. The maximum absolute atomic E-state index is 13.9. The average molecular weight is 537 g/mol. The Balaban J connectivity index is 3.51. The molecule has 2 atom stereocenters. The van der Waals surface area contributed by atoms with Gasteiger partial charge in [0.15, 0.2) is 0 Å². The Morgan fingerprint density at radius 3 is 2.29 bits per heavy atom. The third kappa shape index (κ3) is 11.1. The number of nitrogens with zero attached hydrogens (tertiary/aromatic N) is 1. The zero-order valence-electron chi connectivity index (χ0n) is 22.7. The van der Waals surface area contributed by atoms with Gasteiger partial charge in [0, 0.05) is 12.1 Å². The number of alkyl carbamates (subject to hydrolysis) is 1. The smallest absolute Gasteiger partial charge is 0.408 e. The van der Waals surface area contributed by atoms with Gasteiger partial charge in [0.25, 0.3) is 0 Å². The van der Waals surface area contributed by atoms with Crippen molar-refractivity contribution in [2.24, 2.45) is 5.73 Å². The fourth-order valence-corrected chi connectivity index (χ4v) is 3.62. The molecule has 0 heterocycles. The van der Waals surface area contributed by atoms with E-state index < -0.39 is 60.4 Å². The standard InChI is InChI=1S/C26H40N4O8/c1-6-7-8-11-14-30(24(35)18(15-20(27)32)29-25(36)38-26(2,3)4)22(17-12-9-10-13-19(17)31)23(34)28-16-21(33)37-5/h9-10,12-13,18,22,31H,6-8,11,14-16H2,1-5H3,(H2,27,32)(H,28,34)(H,29,36). The van der Waals surface area contributed by atoms with Gasteiger partial charge in [-0.1, -0.05) is 44.4 Å². The normalized spacial score (nSPS) is 12.6. The molecule has 2 unspecified atom stereocenters. The van der Waals surface area contributed by atoms with Crippen molar-refractivity contribution >= 4 is 29.8 Å². The Morgan fingerprint density at radius 2 is 1.74 bits per heavy atom. The number of carbonyl (C=O) groups excluding carboxylic acids is 5. The highest BCUT2D eigenvalue weighted by Gasteiger charge is 2.38. The number of nitrogens with two attached hydrogens (primary N) is 1. The number of esters is 1. The first-order valence-electron chi connectivity index (χ1n) is 12.5. The van der Waals surface area contributed by atoms with Crippen LogP contribution < -0.4 is 16.4 Å². The second-order valence-electron chi connectivity index (χ2n) is 9.72. The minimum atomic E-state index is -1.45. The molecule has 4 amide bonds. The van der Waals surface area contributed by atoms with Gasteiger partial charge in [-0.2, -0.15) is 0 Å². The molecule has 5 N–H and O–H groups in total. The van der Waals surface area contributed by atoms with Gasteiger partial charge in [-0.3, -0.25) is 19.2 Å². The molecule has 0 saturated carbocycles. The maximum atomic E-state index is 13.9. The second kappa shape index (κ2) is 15.4. The van der Waals surface area contributed by atoms with Crippen molar-refractivity contribution < 1.29 is 38.6 Å². The number of rotatable bonds is 14. The fourth-order valence-electron chi connectivity index (χ4n) is 3.62. The van der Waals surface area contributed by atoms with E-state index in [1.54, 1.807) is 32.9 Å². The Bertz CT molecular complexity index is 976. The van der Waals surface area contributed by atoms with Crippen LogP contribution >= 0.6 is 0 Å². The quantitative estimate of drug-likeness (QED) is 0.206. The predicted molar refractivity (Wildman–Crippen MR) is 139 cm³/mol. The van der Waals surface area contributed by atoms with Crippen molar-refractivity contribution in [3.63, 3.8) is 0 Å². The van der Waals surface area contributed by atoms with Crippen molar-refractivity contribution in [3.8, 4) is 5.75 Å². The molecule has 0 aliphatic rings. The Hall–Kier alpha value is -3.83. The summed E-state index contributed by atoms with van der Waals surface area (Å²) in [6.07, 6.45) is 1.51. The highest BCUT2D eigenvalue weighted by atomic mass is 16.6. The lowest BCUT2D eigenvalue weighted by molar-refractivity contribution is -0.145. The van der Waals surface area contributed by atoms with Crippen LogP contribution in [0.1, 0.15) is 71.4 Å². The van der Waals surface area contributed by atoms with Crippen molar-refractivity contribution in [1.82, 2.24) is 15.5 Å². The van der Waals surface area contributed by atoms with E-state index in [4.69, 9.17) is 10.5 Å². The summed E-state index contributed by atoms with van der Waals surface area (Å²) in [7, 11) is 1.16. The molecule has 12 heteroatoms. The van der Waals surface area contributed by atoms with Crippen LogP contribution in [0.4, 0.5) is 4.79 Å². The molecule has 0 bridgehead atoms. The van der Waals surface area contributed by atoms with Crippen LogP contribution in [0.2, 0.25) is 0 Å². The highest BCUT2D eigenvalue weighted by molar-refractivity contribution is 5.95. The Kier molecular flexibility index (Phi) is 13.1. The number of primary amides is 1. The molecule has 0 saturated heterocycles. The number of phenols is 1. The molecule has 212 valence electrons. The van der Waals surface area contributed by atoms with E-state index in [-0.39, 0.29) is 17.9 Å². The number of aromatic hydroxyl groups is 1. The number of hydrogen-bond acceptors (Lipinski definition) is 8. The van der Waals surface area contributed by atoms with Crippen molar-refractivity contribution in [2.75, 3.05) is 20.2 Å². The first-order chi connectivity index (χ1) is 17.8. The van der Waals surface area contributed by atoms with E-state index in [1.807, 2.05) is 6.92 Å². The summed E-state index contributed by atoms with van der Waals surface area (Å²) in [6, 6.07) is 3.11. The highest BCUT2D eigenvalue weighted by Crippen LogP contribution is 2.30. The second-order valence-corrected chi connectivity index (χ2v) is 9.72. The number of para-hydroxylation sites is 1. The number of hydrogen-bond donors (Lipinski definition) is 4. The average Bonchev–Trinajstić information content (AvgIpc) is 2.82. The molecule has 0 aromatic heterocycles. The van der Waals surface area contributed by atoms with Crippen molar-refractivity contribution in [3.05, 3.63) is 29.8 Å². The summed E-state index contributed by atoms with van der Waals surface area (Å²) in [5.74, 6) is -3.39. The summed E-state index contributed by atoms with van der Waals surface area (Å²) >= 11 is 0. The summed E-state index contributed by atoms with van der Waals surface area (Å²) in [5, 5.41) is 15.4. The van der Waals surface area contributed by atoms with Crippen LogP contribution in [0.5, 0.6) is 5.75 Å². The van der Waals surface area contributed by atoms with Crippen LogP contribution in [0, 0.1) is 0 Å². The summed E-state index contributed by atoms with van der Waals surface area (Å²) in [6.45, 7) is 6.50. The molecule has 12 nitrogen and oxygen atoms in total. The number of benzene rings is 1. The maximum Gasteiger partial charge on any atom is 0.408 e. The van der Waals surface area contributed by atoms with Gasteiger partial charge in [0.05, 0.1) is 13.5 Å². The molecule has 0 aliphatic heterocycles. The Labute approximate surface area is 223 Å². The minimum absolute atomic E-state index is 0.0503. The van der Waals surface area contributed by atoms with E-state index in [2.05, 4.69) is 15.4 Å². The lowest BCUT2D eigenvalue weighted by atomic mass is 10.00. The van der Waals surface area contributed by atoms with Crippen LogP contribution in [0.15, 0.2) is 24.3 Å². The number of unbranched alkanes of at least 4 members (excludes halogenated alkanes) is 3. The van der Waals surface area contributed by atoms with E-state index in [0.29, 0.717) is 6.42 Å². The molecular formula is C26H40N4O8. The number of carbonyl (C=O) groups is 5. The van der Waals surface area contributed by atoms with E-state index in [9.17, 15) is 29.1 Å². The monoisotopic (exact) mass is 536 g/mol. The van der Waals surface area contributed by atoms with Crippen LogP contribution in [0.25, 0.3) is 0 Å². The zero-order chi connectivity index (χ0) is 28.9. The molecule has 1 aromatic carbocycles. The number of amides is 4. The molecule has 1 rings (SSSR count). The number of ether oxygens (including phenoxy) is 2. The predicted octanol–water partition coefficient (Wildman–Crippen LogP) is 1.90. The summed E-state index contributed by atoms with van der Waals surface area (Å²) < 4.78 is 9.82. The van der Waals surface area contributed by atoms with Gasteiger partial charge in [0.1, 0.15) is 30.0 Å². The molecule has 0 fully saturated rings. The number of nitrogens with one attached hydrogen (secondary N) is 2. The number of phenolic OH excluding ortho intramolecular Hbond substituents is 1. The third-order valence-corrected chi connectivity index (χ3v) is 5.36. The lowest BCUT2D eigenvalue weighted by Crippen LogP contribution is -2.54. The van der Waals surface area contributed by atoms with Crippen molar-refractivity contribution in [1.29, 1.82) is 0 Å². The van der Waals surface area contributed by atoms with Gasteiger partial charge in [0.2, 0.25) is 17.7 Å². The van der Waals surface area contributed by atoms with Gasteiger partial charge >= 0.3 is 12.1 Å². The fraction of sp³-hybridized carbons (Fsp3) is 0.577. The lowest BCUT2D eigenvalue weighted by Gasteiger charge is -2.34. The molecular weight excluding hydrogens is 496 g/mol. The number of methoxy groups -OCH3 is 1. The van der Waals surface area contributed by atoms with Crippen LogP contribution in [-0.4, -0.2) is 71.6 Å². The van der Waals surface area contributed by atoms with E-state index >= 15 is 0 Å². The topological polar surface area (TPSA) is 177 Å². The zero-order valence-corrected chi connectivity index (χ0v) is 22.7. The van der Waals surface area contributed by atoms with E-state index in [0.717, 1.165) is 26.4 Å². The Morgan fingerprint density at radius 1 is 1.08 bits per heavy atom. The molecule has 38 heavy (non-hydrogen) atoms. The molecule has 0 spiro atoms. The van der Waals surface area contributed by atoms with E-state index in [1.165, 1.54) is 17.0 Å². The van der Waals surface area contributed by atoms with Crippen LogP contribution in [0.3, 0.4) is 0 Å². The van der Waals surface area contributed by atoms with Gasteiger partial charge in [-0.25, -0.2) is 4.79 Å². The summed E-state index contributed by atoms with van der Waals surface area (Å²) in [4.78, 5) is 64.4. The first-order valence-corrected chi connectivity index (χ1v) is 12.5. The summed E-state index contributed by atoms with van der Waals surface area (Å²) in [5.41, 5.74) is 4.58. The molecule has 1 aromatic rings. The van der Waals surface area contributed by atoms with Crippen molar-refractivity contribution in [2.45, 2.75) is 77.5 Å². The van der Waals surface area contributed by atoms with Gasteiger partial charge in [-0.05, 0) is 33.3 Å². The van der Waals surface area contributed by atoms with Crippen LogP contribution in [-0.2, 0) is 28.7 Å². The largest absolute Gasteiger partial charge is 0.508 e. The molecule has 0 radical (unpaired) electrons.